The van der Waals surface area contributed by atoms with Crippen molar-refractivity contribution in [2.45, 2.75) is 38.1 Å². The highest BCUT2D eigenvalue weighted by Crippen LogP contribution is 2.31. The summed E-state index contributed by atoms with van der Waals surface area (Å²) in [5.41, 5.74) is 1.44. The van der Waals surface area contributed by atoms with Gasteiger partial charge in [-0.25, -0.2) is 9.18 Å². The molecule has 25 heavy (non-hydrogen) atoms. The van der Waals surface area contributed by atoms with Crippen molar-refractivity contribution >= 4 is 29.4 Å². The Morgan fingerprint density at radius 3 is 2.84 bits per heavy atom. The minimum atomic E-state index is -0.672. The molecular formula is C17H19ClFN3O3. The first-order chi connectivity index (χ1) is 11.9. The summed E-state index contributed by atoms with van der Waals surface area (Å²) in [6, 6.07) is 2.15. The molecule has 2 heterocycles. The van der Waals surface area contributed by atoms with E-state index in [1.807, 2.05) is 13.0 Å². The highest BCUT2D eigenvalue weighted by Gasteiger charge is 2.31. The van der Waals surface area contributed by atoms with Gasteiger partial charge in [-0.1, -0.05) is 24.6 Å². The molecule has 2 N–H and O–H groups in total. The Balaban J connectivity index is 1.65. The van der Waals surface area contributed by atoms with Crippen molar-refractivity contribution in [2.24, 2.45) is 0 Å². The van der Waals surface area contributed by atoms with Gasteiger partial charge in [0.2, 0.25) is 5.91 Å². The number of halogens is 2. The first kappa shape index (κ1) is 17.7. The van der Waals surface area contributed by atoms with Crippen molar-refractivity contribution in [3.05, 3.63) is 34.1 Å². The van der Waals surface area contributed by atoms with E-state index in [9.17, 15) is 18.8 Å². The van der Waals surface area contributed by atoms with E-state index in [4.69, 9.17) is 11.6 Å². The smallest absolute Gasteiger partial charge is 0.322 e. The average Bonchev–Trinajstić information content (AvgIpc) is 2.78. The maximum absolute atomic E-state index is 14.4. The van der Waals surface area contributed by atoms with Crippen LogP contribution in [0.15, 0.2) is 12.1 Å². The highest BCUT2D eigenvalue weighted by atomic mass is 35.5. The summed E-state index contributed by atoms with van der Waals surface area (Å²) in [6.07, 6.45) is 0.944. The molecule has 1 aromatic carbocycles. The maximum atomic E-state index is 14.4. The van der Waals surface area contributed by atoms with Crippen molar-refractivity contribution in [3.8, 4) is 0 Å². The SMILES string of the molecule is CC1CN(C(=O)CCC2NC(=O)NC2=O)CCc2ccc(Cl)c(F)c21. The summed E-state index contributed by atoms with van der Waals surface area (Å²) < 4.78 is 14.4. The minimum Gasteiger partial charge on any atom is -0.342 e. The number of nitrogens with zero attached hydrogens (tertiary/aromatic N) is 1. The van der Waals surface area contributed by atoms with Crippen LogP contribution in [0.3, 0.4) is 0 Å². The molecule has 0 spiro atoms. The molecule has 134 valence electrons. The van der Waals surface area contributed by atoms with Gasteiger partial charge in [0.05, 0.1) is 5.02 Å². The molecule has 4 amide bonds. The predicted molar refractivity (Wildman–Crippen MR) is 89.8 cm³/mol. The van der Waals surface area contributed by atoms with Gasteiger partial charge in [0.25, 0.3) is 5.91 Å². The predicted octanol–water partition coefficient (Wildman–Crippen LogP) is 1.96. The fourth-order valence-corrected chi connectivity index (χ4v) is 3.61. The fourth-order valence-electron chi connectivity index (χ4n) is 3.44. The number of hydrogen-bond acceptors (Lipinski definition) is 3. The number of nitrogens with one attached hydrogen (secondary N) is 2. The van der Waals surface area contributed by atoms with E-state index in [1.165, 1.54) is 0 Å². The normalized spacial score (nSPS) is 22.9. The van der Waals surface area contributed by atoms with Gasteiger partial charge < -0.3 is 10.2 Å². The summed E-state index contributed by atoms with van der Waals surface area (Å²) >= 11 is 5.88. The molecule has 2 unspecified atom stereocenters. The Morgan fingerprint density at radius 1 is 1.40 bits per heavy atom. The van der Waals surface area contributed by atoms with E-state index in [0.717, 1.165) is 5.56 Å². The van der Waals surface area contributed by atoms with Gasteiger partial charge in [0.15, 0.2) is 0 Å². The molecule has 8 heteroatoms. The maximum Gasteiger partial charge on any atom is 0.322 e. The zero-order chi connectivity index (χ0) is 18.1. The van der Waals surface area contributed by atoms with Crippen LogP contribution < -0.4 is 10.6 Å². The Hall–Kier alpha value is -2.15. The molecule has 2 aliphatic rings. The van der Waals surface area contributed by atoms with Crippen LogP contribution in [0.2, 0.25) is 5.02 Å². The number of rotatable bonds is 3. The lowest BCUT2D eigenvalue weighted by Crippen LogP contribution is -2.36. The van der Waals surface area contributed by atoms with Crippen molar-refractivity contribution in [3.63, 3.8) is 0 Å². The van der Waals surface area contributed by atoms with Gasteiger partial charge in [0, 0.05) is 25.4 Å². The number of benzene rings is 1. The average molecular weight is 368 g/mol. The number of amides is 4. The first-order valence-corrected chi connectivity index (χ1v) is 8.60. The number of urea groups is 1. The second-order valence-corrected chi connectivity index (χ2v) is 6.89. The molecular weight excluding hydrogens is 349 g/mol. The lowest BCUT2D eigenvalue weighted by atomic mass is 9.95. The molecule has 1 fully saturated rings. The van der Waals surface area contributed by atoms with Crippen LogP contribution in [0, 0.1) is 5.82 Å². The minimum absolute atomic E-state index is 0.0911. The van der Waals surface area contributed by atoms with Crippen molar-refractivity contribution in [2.75, 3.05) is 13.1 Å². The van der Waals surface area contributed by atoms with Crippen LogP contribution in [0.4, 0.5) is 9.18 Å². The van der Waals surface area contributed by atoms with Crippen molar-refractivity contribution in [1.29, 1.82) is 0 Å². The molecule has 0 aliphatic carbocycles. The summed E-state index contributed by atoms with van der Waals surface area (Å²) in [7, 11) is 0. The Morgan fingerprint density at radius 2 is 2.16 bits per heavy atom. The standard InChI is InChI=1S/C17H19ClFN3O3/c1-9-8-22(7-6-10-2-3-11(18)15(19)14(9)10)13(23)5-4-12-16(24)21-17(25)20-12/h2-3,9,12H,4-8H2,1H3,(H2,20,21,24,25). The fraction of sp³-hybridized carbons (Fsp3) is 0.471. The zero-order valence-corrected chi connectivity index (χ0v) is 14.5. The number of carbonyl (C=O) groups excluding carboxylic acids is 3. The summed E-state index contributed by atoms with van der Waals surface area (Å²) in [5, 5.41) is 4.71. The topological polar surface area (TPSA) is 78.5 Å². The van der Waals surface area contributed by atoms with E-state index in [1.54, 1.807) is 11.0 Å². The third-order valence-electron chi connectivity index (χ3n) is 4.72. The van der Waals surface area contributed by atoms with Gasteiger partial charge in [-0.2, -0.15) is 0 Å². The highest BCUT2D eigenvalue weighted by molar-refractivity contribution is 6.30. The Kier molecular flexibility index (Phi) is 4.94. The van der Waals surface area contributed by atoms with Crippen LogP contribution in [0.5, 0.6) is 0 Å². The van der Waals surface area contributed by atoms with E-state index in [0.29, 0.717) is 25.1 Å². The largest absolute Gasteiger partial charge is 0.342 e. The third kappa shape index (κ3) is 3.61. The summed E-state index contributed by atoms with van der Waals surface area (Å²) in [6.45, 7) is 2.75. The Labute approximate surface area is 149 Å². The molecule has 1 saturated heterocycles. The molecule has 6 nitrogen and oxygen atoms in total. The monoisotopic (exact) mass is 367 g/mol. The third-order valence-corrected chi connectivity index (χ3v) is 5.01. The molecule has 3 rings (SSSR count). The van der Waals surface area contributed by atoms with Crippen molar-refractivity contribution < 1.29 is 18.8 Å². The lowest BCUT2D eigenvalue weighted by Gasteiger charge is -2.23. The zero-order valence-electron chi connectivity index (χ0n) is 13.8. The molecule has 0 saturated carbocycles. The lowest BCUT2D eigenvalue weighted by molar-refractivity contribution is -0.131. The number of fused-ring (bicyclic) bond motifs is 1. The second kappa shape index (κ2) is 7.00. The number of carbonyl (C=O) groups is 3. The van der Waals surface area contributed by atoms with E-state index < -0.39 is 23.8 Å². The molecule has 0 radical (unpaired) electrons. The molecule has 2 aliphatic heterocycles. The van der Waals surface area contributed by atoms with Crippen LogP contribution in [0.1, 0.15) is 36.8 Å². The van der Waals surface area contributed by atoms with Crippen molar-refractivity contribution in [1.82, 2.24) is 15.5 Å². The molecule has 1 aromatic rings. The molecule has 0 aromatic heterocycles. The molecule has 2 atom stereocenters. The van der Waals surface area contributed by atoms with E-state index in [-0.39, 0.29) is 29.7 Å². The van der Waals surface area contributed by atoms with Gasteiger partial charge >= 0.3 is 6.03 Å². The quantitative estimate of drug-likeness (QED) is 0.801. The van der Waals surface area contributed by atoms with Gasteiger partial charge in [0.1, 0.15) is 11.9 Å². The number of imide groups is 1. The van der Waals surface area contributed by atoms with Crippen LogP contribution in [0.25, 0.3) is 0 Å². The van der Waals surface area contributed by atoms with Crippen LogP contribution in [-0.2, 0) is 16.0 Å². The van der Waals surface area contributed by atoms with Crippen LogP contribution in [-0.4, -0.2) is 41.9 Å². The second-order valence-electron chi connectivity index (χ2n) is 6.48. The van der Waals surface area contributed by atoms with Gasteiger partial charge in [-0.05, 0) is 30.0 Å². The van der Waals surface area contributed by atoms with Gasteiger partial charge in [-0.3, -0.25) is 14.9 Å². The van der Waals surface area contributed by atoms with E-state index in [2.05, 4.69) is 10.6 Å². The van der Waals surface area contributed by atoms with Crippen LogP contribution >= 0.6 is 11.6 Å². The summed E-state index contributed by atoms with van der Waals surface area (Å²) in [5.74, 6) is -1.10. The first-order valence-electron chi connectivity index (χ1n) is 8.22. The van der Waals surface area contributed by atoms with E-state index >= 15 is 0 Å². The van der Waals surface area contributed by atoms with Gasteiger partial charge in [-0.15, -0.1) is 0 Å². The molecule has 0 bridgehead atoms. The number of hydrogen-bond donors (Lipinski definition) is 2. The Bertz CT molecular complexity index is 740. The summed E-state index contributed by atoms with van der Waals surface area (Å²) in [4.78, 5) is 36.8.